The van der Waals surface area contributed by atoms with Crippen molar-refractivity contribution in [2.24, 2.45) is 0 Å². The number of benzene rings is 1. The van der Waals surface area contributed by atoms with Crippen LogP contribution in [0.3, 0.4) is 0 Å². The summed E-state index contributed by atoms with van der Waals surface area (Å²) in [5.41, 5.74) is 4.87. The molecule has 1 unspecified atom stereocenters. The van der Waals surface area contributed by atoms with Gasteiger partial charge in [-0.05, 0) is 63.9 Å². The third kappa shape index (κ3) is 3.32. The summed E-state index contributed by atoms with van der Waals surface area (Å²) in [4.78, 5) is 24.8. The second kappa shape index (κ2) is 7.69. The number of fused-ring (bicyclic) bond motifs is 1. The number of hydrogen-bond acceptors (Lipinski definition) is 3. The van der Waals surface area contributed by atoms with E-state index in [0.29, 0.717) is 0 Å². The SMILES string of the molecule is Cc1cc(C(=O)N2CCCC2Cn2c(C)nc3ccccc32)c(C)n1-c1ccccn1. The van der Waals surface area contributed by atoms with Crippen LogP contribution in [0.4, 0.5) is 0 Å². The first-order chi connectivity index (χ1) is 15.0. The predicted octanol–water partition coefficient (Wildman–Crippen LogP) is 4.45. The zero-order chi connectivity index (χ0) is 21.5. The van der Waals surface area contributed by atoms with Crippen molar-refractivity contribution in [3.05, 3.63) is 77.5 Å². The van der Waals surface area contributed by atoms with E-state index in [1.165, 1.54) is 0 Å². The van der Waals surface area contributed by atoms with Gasteiger partial charge in [0.05, 0.1) is 22.6 Å². The van der Waals surface area contributed by atoms with E-state index in [4.69, 9.17) is 4.98 Å². The second-order valence-electron chi connectivity index (χ2n) is 8.36. The van der Waals surface area contributed by atoms with Crippen LogP contribution in [0.1, 0.15) is 40.4 Å². The molecule has 0 saturated carbocycles. The lowest BCUT2D eigenvalue weighted by Crippen LogP contribution is -2.38. The van der Waals surface area contributed by atoms with Gasteiger partial charge in [-0.2, -0.15) is 0 Å². The predicted molar refractivity (Wildman–Crippen MR) is 122 cm³/mol. The molecule has 5 rings (SSSR count). The van der Waals surface area contributed by atoms with Gasteiger partial charge in [0.1, 0.15) is 11.6 Å². The van der Waals surface area contributed by atoms with E-state index < -0.39 is 0 Å². The Morgan fingerprint density at radius 3 is 2.71 bits per heavy atom. The number of para-hydroxylation sites is 2. The van der Waals surface area contributed by atoms with Crippen LogP contribution in [0.25, 0.3) is 16.9 Å². The molecule has 31 heavy (non-hydrogen) atoms. The number of carbonyl (C=O) groups is 1. The van der Waals surface area contributed by atoms with Gasteiger partial charge in [0.15, 0.2) is 0 Å². The topological polar surface area (TPSA) is 56.0 Å². The summed E-state index contributed by atoms with van der Waals surface area (Å²) in [6.07, 6.45) is 3.82. The lowest BCUT2D eigenvalue weighted by molar-refractivity contribution is 0.0724. The fourth-order valence-corrected chi connectivity index (χ4v) is 4.90. The number of hydrogen-bond donors (Lipinski definition) is 0. The normalized spacial score (nSPS) is 16.4. The lowest BCUT2D eigenvalue weighted by Gasteiger charge is -2.26. The van der Waals surface area contributed by atoms with Crippen molar-refractivity contribution in [2.75, 3.05) is 6.54 Å². The Hall–Kier alpha value is -3.41. The number of carbonyl (C=O) groups excluding carboxylic acids is 1. The minimum absolute atomic E-state index is 0.111. The number of pyridine rings is 1. The van der Waals surface area contributed by atoms with Crippen molar-refractivity contribution in [3.8, 4) is 5.82 Å². The maximum absolute atomic E-state index is 13.6. The first-order valence-electron chi connectivity index (χ1n) is 10.9. The summed E-state index contributed by atoms with van der Waals surface area (Å²) in [6, 6.07) is 16.2. The van der Waals surface area contributed by atoms with Gasteiger partial charge in [-0.1, -0.05) is 18.2 Å². The third-order valence-electron chi connectivity index (χ3n) is 6.42. The number of imidazole rings is 1. The molecule has 1 amide bonds. The van der Waals surface area contributed by atoms with E-state index in [9.17, 15) is 4.79 Å². The van der Waals surface area contributed by atoms with Gasteiger partial charge in [-0.15, -0.1) is 0 Å². The molecule has 1 aliphatic rings. The number of rotatable bonds is 4. The van der Waals surface area contributed by atoms with E-state index in [2.05, 4.69) is 25.1 Å². The first-order valence-corrected chi connectivity index (χ1v) is 10.9. The Labute approximate surface area is 182 Å². The molecular weight excluding hydrogens is 386 g/mol. The first kappa shape index (κ1) is 19.5. The van der Waals surface area contributed by atoms with Crippen molar-refractivity contribution in [1.29, 1.82) is 0 Å². The maximum atomic E-state index is 13.6. The van der Waals surface area contributed by atoms with Gasteiger partial charge in [-0.25, -0.2) is 9.97 Å². The van der Waals surface area contributed by atoms with Crippen LogP contribution in [0.5, 0.6) is 0 Å². The fraction of sp³-hybridized carbons (Fsp3) is 0.320. The summed E-state index contributed by atoms with van der Waals surface area (Å²) in [6.45, 7) is 7.65. The Kier molecular flexibility index (Phi) is 4.85. The van der Waals surface area contributed by atoms with Crippen LogP contribution in [0.2, 0.25) is 0 Å². The molecule has 0 N–H and O–H groups in total. The van der Waals surface area contributed by atoms with Gasteiger partial charge in [0, 0.05) is 30.7 Å². The zero-order valence-electron chi connectivity index (χ0n) is 18.2. The molecule has 158 valence electrons. The van der Waals surface area contributed by atoms with E-state index in [-0.39, 0.29) is 11.9 Å². The summed E-state index contributed by atoms with van der Waals surface area (Å²) in [7, 11) is 0. The smallest absolute Gasteiger partial charge is 0.256 e. The van der Waals surface area contributed by atoms with Crippen LogP contribution >= 0.6 is 0 Å². The standard InChI is InChI=1S/C25H27N5O/c1-17-15-21(18(2)30(17)24-12-6-7-13-26-24)25(31)28-14-8-9-20(28)16-29-19(3)27-22-10-4-5-11-23(22)29/h4-7,10-13,15,20H,8-9,14,16H2,1-3H3. The Morgan fingerprint density at radius 1 is 1.10 bits per heavy atom. The highest BCUT2D eigenvalue weighted by Gasteiger charge is 2.32. The van der Waals surface area contributed by atoms with Crippen LogP contribution in [0, 0.1) is 20.8 Å². The Morgan fingerprint density at radius 2 is 1.90 bits per heavy atom. The maximum Gasteiger partial charge on any atom is 0.256 e. The molecule has 4 aromatic rings. The van der Waals surface area contributed by atoms with Crippen LogP contribution in [-0.4, -0.2) is 42.5 Å². The average molecular weight is 414 g/mol. The molecule has 3 aromatic heterocycles. The molecule has 1 atom stereocenters. The van der Waals surface area contributed by atoms with Gasteiger partial charge in [0.2, 0.25) is 0 Å². The second-order valence-corrected chi connectivity index (χ2v) is 8.36. The highest BCUT2D eigenvalue weighted by atomic mass is 16.2. The van der Waals surface area contributed by atoms with Crippen molar-refractivity contribution < 1.29 is 4.79 Å². The van der Waals surface area contributed by atoms with Gasteiger partial charge in [-0.3, -0.25) is 4.79 Å². The molecule has 0 radical (unpaired) electrons. The summed E-state index contributed by atoms with van der Waals surface area (Å²) >= 11 is 0. The highest BCUT2D eigenvalue weighted by Crippen LogP contribution is 2.27. The third-order valence-corrected chi connectivity index (χ3v) is 6.42. The largest absolute Gasteiger partial charge is 0.334 e. The molecule has 0 bridgehead atoms. The number of amides is 1. The summed E-state index contributed by atoms with van der Waals surface area (Å²) < 4.78 is 4.31. The Bertz CT molecular complexity index is 1250. The van der Waals surface area contributed by atoms with Crippen molar-refractivity contribution in [3.63, 3.8) is 0 Å². The number of likely N-dealkylation sites (tertiary alicyclic amines) is 1. The van der Waals surface area contributed by atoms with Gasteiger partial charge in [0.25, 0.3) is 5.91 Å². The molecule has 4 heterocycles. The molecule has 1 aromatic carbocycles. The van der Waals surface area contributed by atoms with Crippen LogP contribution in [-0.2, 0) is 6.54 Å². The number of nitrogens with zero attached hydrogens (tertiary/aromatic N) is 5. The highest BCUT2D eigenvalue weighted by molar-refractivity contribution is 5.96. The summed E-state index contributed by atoms with van der Waals surface area (Å²) in [5, 5.41) is 0. The van der Waals surface area contributed by atoms with E-state index >= 15 is 0 Å². The van der Waals surface area contributed by atoms with Crippen molar-refractivity contribution in [1.82, 2.24) is 24.0 Å². The fourth-order valence-electron chi connectivity index (χ4n) is 4.90. The van der Waals surface area contributed by atoms with Crippen LogP contribution in [0.15, 0.2) is 54.7 Å². The number of aromatic nitrogens is 4. The van der Waals surface area contributed by atoms with Gasteiger partial charge >= 0.3 is 0 Å². The van der Waals surface area contributed by atoms with Gasteiger partial charge < -0.3 is 14.0 Å². The van der Waals surface area contributed by atoms with Crippen molar-refractivity contribution in [2.45, 2.75) is 46.2 Å². The molecule has 6 heteroatoms. The molecule has 1 fully saturated rings. The minimum atomic E-state index is 0.111. The number of aryl methyl sites for hydroxylation is 2. The van der Waals surface area contributed by atoms with E-state index in [1.807, 2.05) is 63.2 Å². The zero-order valence-corrected chi connectivity index (χ0v) is 18.2. The minimum Gasteiger partial charge on any atom is -0.334 e. The molecule has 1 saturated heterocycles. The molecule has 0 spiro atoms. The monoisotopic (exact) mass is 413 g/mol. The quantitative estimate of drug-likeness (QED) is 0.497. The molecule has 0 aliphatic carbocycles. The molecule has 6 nitrogen and oxygen atoms in total. The Balaban J connectivity index is 1.45. The summed E-state index contributed by atoms with van der Waals surface area (Å²) in [5.74, 6) is 1.95. The molecule has 1 aliphatic heterocycles. The van der Waals surface area contributed by atoms with Crippen molar-refractivity contribution >= 4 is 16.9 Å². The average Bonchev–Trinajstić information content (AvgIpc) is 3.45. The molecular formula is C25H27N5O. The van der Waals surface area contributed by atoms with Crippen LogP contribution < -0.4 is 0 Å². The van der Waals surface area contributed by atoms with E-state index in [0.717, 1.165) is 65.6 Å². The lowest BCUT2D eigenvalue weighted by atomic mass is 10.1. The van der Waals surface area contributed by atoms with E-state index in [1.54, 1.807) is 6.20 Å².